The van der Waals surface area contributed by atoms with Crippen molar-refractivity contribution in [2.45, 2.75) is 40.3 Å². The summed E-state index contributed by atoms with van der Waals surface area (Å²) in [5.41, 5.74) is 1.78. The Morgan fingerprint density at radius 1 is 1.12 bits per heavy atom. The van der Waals surface area contributed by atoms with Crippen molar-refractivity contribution in [1.29, 1.82) is 0 Å². The molecule has 0 fully saturated rings. The lowest BCUT2D eigenvalue weighted by atomic mass is 10.1. The van der Waals surface area contributed by atoms with Gasteiger partial charge in [0.2, 0.25) is 21.8 Å². The second-order valence-corrected chi connectivity index (χ2v) is 11.9. The second-order valence-electron chi connectivity index (χ2n) is 8.67. The highest BCUT2D eigenvalue weighted by Gasteiger charge is 2.30. The van der Waals surface area contributed by atoms with E-state index < -0.39 is 28.5 Å². The number of hydrogen-bond donors (Lipinski definition) is 1. The fourth-order valence-corrected chi connectivity index (χ4v) is 4.94. The van der Waals surface area contributed by atoms with Gasteiger partial charge in [0.25, 0.3) is 0 Å². The molecule has 1 atom stereocenters. The molecule has 7 nitrogen and oxygen atoms in total. The van der Waals surface area contributed by atoms with E-state index in [2.05, 4.69) is 21.2 Å². The summed E-state index contributed by atoms with van der Waals surface area (Å²) < 4.78 is 27.2. The van der Waals surface area contributed by atoms with Crippen LogP contribution < -0.4 is 9.62 Å². The van der Waals surface area contributed by atoms with Crippen LogP contribution in [-0.2, 0) is 26.2 Å². The predicted molar refractivity (Wildman–Crippen MR) is 140 cm³/mol. The zero-order chi connectivity index (χ0) is 25.6. The molecule has 0 aromatic heterocycles. The molecule has 1 unspecified atom stereocenters. The lowest BCUT2D eigenvalue weighted by Gasteiger charge is -2.32. The maximum atomic E-state index is 13.5. The van der Waals surface area contributed by atoms with E-state index in [-0.39, 0.29) is 18.4 Å². The van der Waals surface area contributed by atoms with E-state index in [1.165, 1.54) is 4.90 Å². The SMILES string of the molecule is Cc1cc(Cl)ccc1N(CC(=O)N(Cc1cccc(Br)c1)C(C)C(=O)NCC(C)C)S(C)(=O)=O. The Bertz CT molecular complexity index is 1140. The van der Waals surface area contributed by atoms with Crippen molar-refractivity contribution in [2.24, 2.45) is 5.92 Å². The van der Waals surface area contributed by atoms with Crippen molar-refractivity contribution in [3.63, 3.8) is 0 Å². The first-order valence-corrected chi connectivity index (χ1v) is 13.9. The van der Waals surface area contributed by atoms with Gasteiger partial charge >= 0.3 is 0 Å². The van der Waals surface area contributed by atoms with Gasteiger partial charge in [-0.2, -0.15) is 0 Å². The summed E-state index contributed by atoms with van der Waals surface area (Å²) >= 11 is 9.46. The van der Waals surface area contributed by atoms with Crippen molar-refractivity contribution < 1.29 is 18.0 Å². The number of benzene rings is 2. The number of aryl methyl sites for hydroxylation is 1. The molecule has 0 aliphatic heterocycles. The molecule has 0 saturated carbocycles. The first kappa shape index (κ1) is 28.1. The van der Waals surface area contributed by atoms with Crippen LogP contribution in [0.15, 0.2) is 46.9 Å². The Morgan fingerprint density at radius 3 is 2.35 bits per heavy atom. The van der Waals surface area contributed by atoms with E-state index in [1.807, 2.05) is 38.1 Å². The van der Waals surface area contributed by atoms with Crippen LogP contribution in [0.25, 0.3) is 0 Å². The van der Waals surface area contributed by atoms with Gasteiger partial charge in [0.05, 0.1) is 11.9 Å². The number of sulfonamides is 1. The number of nitrogens with one attached hydrogen (secondary N) is 1. The summed E-state index contributed by atoms with van der Waals surface area (Å²) in [6.07, 6.45) is 1.05. The lowest BCUT2D eigenvalue weighted by molar-refractivity contribution is -0.139. The number of halogens is 2. The number of anilines is 1. The highest BCUT2D eigenvalue weighted by Crippen LogP contribution is 2.26. The minimum atomic E-state index is -3.79. The molecule has 2 amide bonds. The first-order valence-electron chi connectivity index (χ1n) is 10.8. The molecule has 0 spiro atoms. The third kappa shape index (κ3) is 7.99. The first-order chi connectivity index (χ1) is 15.8. The van der Waals surface area contributed by atoms with Crippen LogP contribution >= 0.6 is 27.5 Å². The Kier molecular flexibility index (Phi) is 9.96. The molecule has 0 heterocycles. The summed E-state index contributed by atoms with van der Waals surface area (Å²) in [6, 6.07) is 11.4. The van der Waals surface area contributed by atoms with Gasteiger partial charge in [0, 0.05) is 22.6 Å². The minimum Gasteiger partial charge on any atom is -0.354 e. The average molecular weight is 573 g/mol. The molecule has 1 N–H and O–H groups in total. The molecule has 2 aromatic carbocycles. The van der Waals surface area contributed by atoms with Gasteiger partial charge in [-0.1, -0.05) is 53.5 Å². The maximum absolute atomic E-state index is 13.5. The van der Waals surface area contributed by atoms with Crippen molar-refractivity contribution in [3.05, 3.63) is 63.1 Å². The minimum absolute atomic E-state index is 0.145. The third-order valence-corrected chi connectivity index (χ3v) is 7.06. The lowest BCUT2D eigenvalue weighted by Crippen LogP contribution is -2.51. The quantitative estimate of drug-likeness (QED) is 0.458. The fraction of sp³-hybridized carbons (Fsp3) is 0.417. The summed E-state index contributed by atoms with van der Waals surface area (Å²) in [4.78, 5) is 27.8. The molecule has 0 bridgehead atoms. The molecule has 0 saturated heterocycles. The summed E-state index contributed by atoms with van der Waals surface area (Å²) in [7, 11) is -3.79. The smallest absolute Gasteiger partial charge is 0.244 e. The summed E-state index contributed by atoms with van der Waals surface area (Å²) in [5.74, 6) is -0.545. The van der Waals surface area contributed by atoms with Crippen molar-refractivity contribution in [3.8, 4) is 0 Å². The van der Waals surface area contributed by atoms with E-state index >= 15 is 0 Å². The predicted octanol–water partition coefficient (Wildman–Crippen LogP) is 4.37. The monoisotopic (exact) mass is 571 g/mol. The van der Waals surface area contributed by atoms with Crippen LogP contribution in [0.2, 0.25) is 5.02 Å². The maximum Gasteiger partial charge on any atom is 0.244 e. The van der Waals surface area contributed by atoms with Gasteiger partial charge < -0.3 is 10.2 Å². The fourth-order valence-electron chi connectivity index (χ4n) is 3.36. The summed E-state index contributed by atoms with van der Waals surface area (Å²) in [5, 5.41) is 3.32. The number of nitrogens with zero attached hydrogens (tertiary/aromatic N) is 2. The van der Waals surface area contributed by atoms with Gasteiger partial charge in [-0.15, -0.1) is 0 Å². The van der Waals surface area contributed by atoms with E-state index in [1.54, 1.807) is 32.0 Å². The van der Waals surface area contributed by atoms with Crippen LogP contribution in [-0.4, -0.2) is 50.5 Å². The normalized spacial score (nSPS) is 12.4. The van der Waals surface area contributed by atoms with Crippen LogP contribution in [0.4, 0.5) is 5.69 Å². The van der Waals surface area contributed by atoms with Gasteiger partial charge in [-0.25, -0.2) is 8.42 Å². The molecule has 34 heavy (non-hydrogen) atoms. The highest BCUT2D eigenvalue weighted by atomic mass is 79.9. The van der Waals surface area contributed by atoms with E-state index in [0.717, 1.165) is 20.6 Å². The number of carbonyl (C=O) groups is 2. The van der Waals surface area contributed by atoms with Crippen LogP contribution in [0.5, 0.6) is 0 Å². The molecule has 0 radical (unpaired) electrons. The Labute approximate surface area is 215 Å². The van der Waals surface area contributed by atoms with E-state index in [4.69, 9.17) is 11.6 Å². The number of amides is 2. The van der Waals surface area contributed by atoms with Gasteiger partial charge in [-0.05, 0) is 61.2 Å². The Balaban J connectivity index is 2.40. The molecule has 10 heteroatoms. The number of rotatable bonds is 10. The van der Waals surface area contributed by atoms with Crippen molar-refractivity contribution in [2.75, 3.05) is 23.7 Å². The molecule has 0 aliphatic rings. The van der Waals surface area contributed by atoms with Crippen LogP contribution in [0.1, 0.15) is 31.9 Å². The molecule has 0 aliphatic carbocycles. The van der Waals surface area contributed by atoms with Gasteiger partial charge in [0.15, 0.2) is 0 Å². The average Bonchev–Trinajstić information content (AvgIpc) is 2.73. The van der Waals surface area contributed by atoms with E-state index in [9.17, 15) is 18.0 Å². The zero-order valence-electron chi connectivity index (χ0n) is 20.0. The van der Waals surface area contributed by atoms with Crippen LogP contribution in [0.3, 0.4) is 0 Å². The second kappa shape index (κ2) is 12.0. The van der Waals surface area contributed by atoms with Crippen molar-refractivity contribution >= 4 is 55.1 Å². The molecule has 2 rings (SSSR count). The molecular weight excluding hydrogens is 542 g/mol. The largest absolute Gasteiger partial charge is 0.354 e. The molecule has 186 valence electrons. The number of hydrogen-bond acceptors (Lipinski definition) is 4. The van der Waals surface area contributed by atoms with Gasteiger partial charge in [0.1, 0.15) is 12.6 Å². The topological polar surface area (TPSA) is 86.8 Å². The Hall–Kier alpha value is -2.10. The van der Waals surface area contributed by atoms with Crippen LogP contribution in [0, 0.1) is 12.8 Å². The van der Waals surface area contributed by atoms with Crippen molar-refractivity contribution in [1.82, 2.24) is 10.2 Å². The molecule has 2 aromatic rings. The zero-order valence-corrected chi connectivity index (χ0v) is 23.2. The standard InChI is InChI=1S/C24H31BrClN3O4S/c1-16(2)13-27-24(31)18(4)28(14-19-7-6-8-20(25)12-19)23(30)15-29(34(5,32)33)22-10-9-21(26)11-17(22)3/h6-12,16,18H,13-15H2,1-5H3,(H,27,31). The highest BCUT2D eigenvalue weighted by molar-refractivity contribution is 9.10. The van der Waals surface area contributed by atoms with Gasteiger partial charge in [-0.3, -0.25) is 13.9 Å². The Morgan fingerprint density at radius 2 is 1.79 bits per heavy atom. The third-order valence-electron chi connectivity index (χ3n) is 5.20. The summed E-state index contributed by atoms with van der Waals surface area (Å²) in [6.45, 7) is 7.50. The number of carbonyl (C=O) groups excluding carboxylic acids is 2. The van der Waals surface area contributed by atoms with E-state index in [0.29, 0.717) is 22.8 Å². The molecular formula is C24H31BrClN3O4S.